The van der Waals surface area contributed by atoms with Crippen molar-refractivity contribution in [2.75, 3.05) is 18.0 Å². The van der Waals surface area contributed by atoms with Crippen molar-refractivity contribution in [2.24, 2.45) is 0 Å². The lowest BCUT2D eigenvalue weighted by Crippen LogP contribution is -2.49. The summed E-state index contributed by atoms with van der Waals surface area (Å²) in [5.41, 5.74) is 1.18. The maximum atomic E-state index is 10.4. The smallest absolute Gasteiger partial charge is 0.128 e. The van der Waals surface area contributed by atoms with Crippen LogP contribution in [0.3, 0.4) is 0 Å². The average molecular weight is 325 g/mol. The molecule has 1 saturated heterocycles. The Morgan fingerprint density at radius 3 is 2.50 bits per heavy atom. The Bertz CT molecular complexity index is 597. The number of piperidine rings is 1. The van der Waals surface area contributed by atoms with Gasteiger partial charge in [0, 0.05) is 31.4 Å². The Kier molecular flexibility index (Phi) is 5.83. The van der Waals surface area contributed by atoms with Crippen LogP contribution < -0.4 is 10.2 Å². The zero-order chi connectivity index (χ0) is 16.8. The van der Waals surface area contributed by atoms with E-state index < -0.39 is 0 Å². The largest absolute Gasteiger partial charge is 0.391 e. The zero-order valence-electron chi connectivity index (χ0n) is 14.3. The second-order valence-electron chi connectivity index (χ2n) is 6.66. The van der Waals surface area contributed by atoms with E-state index in [9.17, 15) is 5.11 Å². The van der Waals surface area contributed by atoms with E-state index in [4.69, 9.17) is 0 Å². The summed E-state index contributed by atoms with van der Waals surface area (Å²) in [5.74, 6) is 1.06. The van der Waals surface area contributed by atoms with Gasteiger partial charge in [0.15, 0.2) is 0 Å². The maximum absolute atomic E-state index is 10.4. The lowest BCUT2D eigenvalue weighted by Gasteiger charge is -2.35. The van der Waals surface area contributed by atoms with Crippen LogP contribution in [0.1, 0.15) is 25.3 Å². The Morgan fingerprint density at radius 2 is 1.83 bits per heavy atom. The van der Waals surface area contributed by atoms with Crippen molar-refractivity contribution in [2.45, 2.75) is 44.4 Å². The number of nitrogens with zero attached hydrogens (tertiary/aromatic N) is 2. The lowest BCUT2D eigenvalue weighted by molar-refractivity contribution is 0.125. The molecule has 4 nitrogen and oxygen atoms in total. The number of hydrogen-bond donors (Lipinski definition) is 2. The van der Waals surface area contributed by atoms with E-state index in [0.29, 0.717) is 12.5 Å². The van der Waals surface area contributed by atoms with Gasteiger partial charge in [-0.15, -0.1) is 0 Å². The van der Waals surface area contributed by atoms with Crippen molar-refractivity contribution >= 4 is 5.82 Å². The standard InChI is InChI=1S/C20H27N3O/c1-16(19(24)15-17-7-3-2-4-8-17)22-18-10-13-23(14-11-18)20-9-5-6-12-21-20/h2-9,12,16,18-19,22,24H,10-11,13-15H2,1H3. The number of pyridine rings is 1. The van der Waals surface area contributed by atoms with E-state index in [2.05, 4.69) is 40.3 Å². The van der Waals surface area contributed by atoms with Crippen LogP contribution in [0.15, 0.2) is 54.7 Å². The Labute approximate surface area is 144 Å². The van der Waals surface area contributed by atoms with Gasteiger partial charge in [0.1, 0.15) is 5.82 Å². The second kappa shape index (κ2) is 8.27. The number of benzene rings is 1. The van der Waals surface area contributed by atoms with Gasteiger partial charge >= 0.3 is 0 Å². The van der Waals surface area contributed by atoms with Gasteiger partial charge in [-0.25, -0.2) is 4.98 Å². The molecule has 0 spiro atoms. The molecule has 1 aromatic heterocycles. The predicted octanol–water partition coefficient (Wildman–Crippen LogP) is 2.63. The predicted molar refractivity (Wildman–Crippen MR) is 98.2 cm³/mol. The highest BCUT2D eigenvalue weighted by Crippen LogP contribution is 2.18. The van der Waals surface area contributed by atoms with Crippen molar-refractivity contribution in [3.63, 3.8) is 0 Å². The molecule has 1 fully saturated rings. The molecule has 0 saturated carbocycles. The summed E-state index contributed by atoms with van der Waals surface area (Å²) in [5, 5.41) is 14.1. The van der Waals surface area contributed by atoms with Crippen molar-refractivity contribution in [3.05, 3.63) is 60.3 Å². The van der Waals surface area contributed by atoms with E-state index in [1.54, 1.807) is 0 Å². The third-order valence-electron chi connectivity index (χ3n) is 4.83. The van der Waals surface area contributed by atoms with Gasteiger partial charge in [-0.3, -0.25) is 0 Å². The number of aromatic nitrogens is 1. The van der Waals surface area contributed by atoms with E-state index in [1.807, 2.05) is 36.5 Å². The molecule has 1 aliphatic rings. The van der Waals surface area contributed by atoms with Gasteiger partial charge < -0.3 is 15.3 Å². The molecule has 0 aliphatic carbocycles. The van der Waals surface area contributed by atoms with Crippen molar-refractivity contribution in [1.82, 2.24) is 10.3 Å². The first-order valence-electron chi connectivity index (χ1n) is 8.86. The molecule has 1 aliphatic heterocycles. The summed E-state index contributed by atoms with van der Waals surface area (Å²) < 4.78 is 0. The third kappa shape index (κ3) is 4.56. The summed E-state index contributed by atoms with van der Waals surface area (Å²) in [6, 6.07) is 16.8. The van der Waals surface area contributed by atoms with E-state index >= 15 is 0 Å². The van der Waals surface area contributed by atoms with Crippen LogP contribution in [0.5, 0.6) is 0 Å². The summed E-state index contributed by atoms with van der Waals surface area (Å²) in [4.78, 5) is 6.77. The lowest BCUT2D eigenvalue weighted by atomic mass is 9.99. The number of aliphatic hydroxyl groups excluding tert-OH is 1. The molecule has 1 aromatic carbocycles. The van der Waals surface area contributed by atoms with Gasteiger partial charge in [-0.2, -0.15) is 0 Å². The number of anilines is 1. The first-order valence-corrected chi connectivity index (χ1v) is 8.86. The highest BCUT2D eigenvalue weighted by atomic mass is 16.3. The molecule has 2 N–H and O–H groups in total. The highest BCUT2D eigenvalue weighted by molar-refractivity contribution is 5.38. The summed E-state index contributed by atoms with van der Waals surface area (Å²) >= 11 is 0. The van der Waals surface area contributed by atoms with Gasteiger partial charge in [0.2, 0.25) is 0 Å². The molecular formula is C20H27N3O. The van der Waals surface area contributed by atoms with Crippen LogP contribution in [0.2, 0.25) is 0 Å². The number of hydrogen-bond acceptors (Lipinski definition) is 4. The van der Waals surface area contributed by atoms with E-state index in [-0.39, 0.29) is 12.1 Å². The second-order valence-corrected chi connectivity index (χ2v) is 6.66. The van der Waals surface area contributed by atoms with Crippen LogP contribution >= 0.6 is 0 Å². The summed E-state index contributed by atoms with van der Waals surface area (Å²) in [6.45, 7) is 4.10. The minimum absolute atomic E-state index is 0.0941. The van der Waals surface area contributed by atoms with Crippen LogP contribution in [-0.4, -0.2) is 41.4 Å². The summed E-state index contributed by atoms with van der Waals surface area (Å²) in [6.07, 6.45) is 4.35. The molecule has 128 valence electrons. The molecular weight excluding hydrogens is 298 g/mol. The fourth-order valence-corrected chi connectivity index (χ4v) is 3.33. The first-order chi connectivity index (χ1) is 11.7. The molecule has 2 aromatic rings. The molecule has 2 heterocycles. The summed E-state index contributed by atoms with van der Waals surface area (Å²) in [7, 11) is 0. The number of rotatable bonds is 6. The SMILES string of the molecule is CC(NC1CCN(c2ccccn2)CC1)C(O)Cc1ccccc1. The Hall–Kier alpha value is -1.91. The van der Waals surface area contributed by atoms with Gasteiger partial charge in [0.25, 0.3) is 0 Å². The van der Waals surface area contributed by atoms with Crippen LogP contribution in [-0.2, 0) is 6.42 Å². The quantitative estimate of drug-likeness (QED) is 0.857. The molecule has 0 amide bonds. The minimum atomic E-state index is -0.360. The maximum Gasteiger partial charge on any atom is 0.128 e. The van der Waals surface area contributed by atoms with Crippen LogP contribution in [0.25, 0.3) is 0 Å². The number of aliphatic hydroxyl groups is 1. The molecule has 0 bridgehead atoms. The average Bonchev–Trinajstić information content (AvgIpc) is 2.64. The van der Waals surface area contributed by atoms with Crippen molar-refractivity contribution in [3.8, 4) is 0 Å². The first kappa shape index (κ1) is 16.9. The van der Waals surface area contributed by atoms with Crippen LogP contribution in [0, 0.1) is 0 Å². The molecule has 2 unspecified atom stereocenters. The van der Waals surface area contributed by atoms with Crippen molar-refractivity contribution in [1.29, 1.82) is 0 Å². The van der Waals surface area contributed by atoms with Crippen molar-refractivity contribution < 1.29 is 5.11 Å². The van der Waals surface area contributed by atoms with Gasteiger partial charge in [-0.05, 0) is 43.9 Å². The fourth-order valence-electron chi connectivity index (χ4n) is 3.33. The fraction of sp³-hybridized carbons (Fsp3) is 0.450. The third-order valence-corrected chi connectivity index (χ3v) is 4.83. The highest BCUT2D eigenvalue weighted by Gasteiger charge is 2.23. The molecule has 4 heteroatoms. The van der Waals surface area contributed by atoms with E-state index in [0.717, 1.165) is 31.7 Å². The van der Waals surface area contributed by atoms with E-state index in [1.165, 1.54) is 5.56 Å². The molecule has 0 radical (unpaired) electrons. The normalized spacial score (nSPS) is 18.3. The topological polar surface area (TPSA) is 48.4 Å². The Morgan fingerprint density at radius 1 is 1.12 bits per heavy atom. The minimum Gasteiger partial charge on any atom is -0.391 e. The van der Waals surface area contributed by atoms with Gasteiger partial charge in [0.05, 0.1) is 6.10 Å². The number of nitrogens with one attached hydrogen (secondary N) is 1. The molecule has 24 heavy (non-hydrogen) atoms. The van der Waals surface area contributed by atoms with Gasteiger partial charge in [-0.1, -0.05) is 36.4 Å². The molecule has 3 rings (SSSR count). The van der Waals surface area contributed by atoms with Crippen LogP contribution in [0.4, 0.5) is 5.82 Å². The Balaban J connectivity index is 1.45. The monoisotopic (exact) mass is 325 g/mol. The molecule has 2 atom stereocenters. The zero-order valence-corrected chi connectivity index (χ0v) is 14.3.